The molecule has 176 valence electrons. The fraction of sp³-hybridized carbons (Fsp3) is 0.429. The molecule has 3 N–H and O–H groups in total. The molecule has 1 heterocycles. The van der Waals surface area contributed by atoms with Gasteiger partial charge in [0.15, 0.2) is 11.6 Å². The lowest BCUT2D eigenvalue weighted by Gasteiger charge is -2.32. The minimum atomic E-state index is -3.98. The third-order valence-corrected chi connectivity index (χ3v) is 7.63. The molecule has 0 aliphatic carbocycles. The Kier molecular flexibility index (Phi) is 8.59. The quantitative estimate of drug-likeness (QED) is 0.359. The average Bonchev–Trinajstić information content (AvgIpc) is 2.73. The summed E-state index contributed by atoms with van der Waals surface area (Å²) in [5, 5.41) is 6.38. The number of rotatable bonds is 8. The Labute approximate surface area is 206 Å². The molecule has 1 atom stereocenters. The summed E-state index contributed by atoms with van der Waals surface area (Å²) >= 11 is 8.29. The van der Waals surface area contributed by atoms with E-state index in [2.05, 4.69) is 37.9 Å². The van der Waals surface area contributed by atoms with E-state index in [0.717, 1.165) is 22.5 Å². The summed E-state index contributed by atoms with van der Waals surface area (Å²) in [7, 11) is -3.98. The van der Waals surface area contributed by atoms with Crippen molar-refractivity contribution in [2.24, 2.45) is 5.92 Å². The Morgan fingerprint density at radius 2 is 1.94 bits per heavy atom. The molecule has 0 amide bonds. The molecular weight excluding hydrogens is 573 g/mol. The number of halogens is 4. The molecule has 1 saturated heterocycles. The van der Waals surface area contributed by atoms with E-state index in [1.165, 1.54) is 10.4 Å². The number of benzene rings is 2. The highest BCUT2D eigenvalue weighted by Crippen LogP contribution is 2.35. The van der Waals surface area contributed by atoms with E-state index in [-0.39, 0.29) is 17.3 Å². The van der Waals surface area contributed by atoms with Crippen LogP contribution < -0.4 is 15.4 Å². The van der Waals surface area contributed by atoms with E-state index in [4.69, 9.17) is 11.6 Å². The fourth-order valence-electron chi connectivity index (χ4n) is 3.50. The summed E-state index contributed by atoms with van der Waals surface area (Å²) in [4.78, 5) is 0. The second kappa shape index (κ2) is 10.8. The first-order valence-electron chi connectivity index (χ1n) is 10.3. The molecule has 11 heteroatoms. The molecule has 0 aromatic heterocycles. The maximum absolute atomic E-state index is 14.7. The van der Waals surface area contributed by atoms with Gasteiger partial charge in [-0.1, -0.05) is 25.4 Å². The summed E-state index contributed by atoms with van der Waals surface area (Å²) < 4.78 is 59.4. The van der Waals surface area contributed by atoms with Crippen molar-refractivity contribution in [3.63, 3.8) is 0 Å². The molecule has 32 heavy (non-hydrogen) atoms. The zero-order chi connectivity index (χ0) is 23.5. The van der Waals surface area contributed by atoms with Gasteiger partial charge in [0.25, 0.3) is 0 Å². The van der Waals surface area contributed by atoms with Crippen molar-refractivity contribution in [2.75, 3.05) is 29.7 Å². The predicted molar refractivity (Wildman–Crippen MR) is 134 cm³/mol. The SMILES string of the molecule is CC(C)NCC1CCCN(S(=O)(=O)Nc2ccc(F)c(F)c2Nc2ccc(I)cc2Cl)C1. The lowest BCUT2D eigenvalue weighted by atomic mass is 9.99. The minimum absolute atomic E-state index is 0.0963. The van der Waals surface area contributed by atoms with Crippen LogP contribution in [0, 0.1) is 21.1 Å². The summed E-state index contributed by atoms with van der Waals surface area (Å²) in [5.41, 5.74) is -0.0949. The van der Waals surface area contributed by atoms with Crippen molar-refractivity contribution in [3.8, 4) is 0 Å². The number of anilines is 3. The largest absolute Gasteiger partial charge is 0.350 e. The first-order valence-corrected chi connectivity index (χ1v) is 13.2. The standard InChI is InChI=1S/C21H26ClF2IN4O2S/c1-13(2)26-11-14-4-3-9-29(12-14)32(30,31)28-19-8-6-17(23)20(24)21(19)27-18-7-5-15(25)10-16(18)22/h5-8,10,13-14,26-28H,3-4,9,11-12H2,1-2H3. The van der Waals surface area contributed by atoms with E-state index in [0.29, 0.717) is 36.4 Å². The molecule has 2 aromatic rings. The van der Waals surface area contributed by atoms with Crippen LogP contribution in [-0.2, 0) is 10.2 Å². The van der Waals surface area contributed by atoms with Crippen molar-refractivity contribution >= 4 is 61.5 Å². The van der Waals surface area contributed by atoms with Gasteiger partial charge < -0.3 is 10.6 Å². The van der Waals surface area contributed by atoms with Crippen LogP contribution in [0.15, 0.2) is 30.3 Å². The third kappa shape index (κ3) is 6.43. The molecule has 1 aliphatic rings. The van der Waals surface area contributed by atoms with Gasteiger partial charge in [0.2, 0.25) is 0 Å². The highest BCUT2D eigenvalue weighted by Gasteiger charge is 2.30. The van der Waals surface area contributed by atoms with Gasteiger partial charge in [0.1, 0.15) is 5.69 Å². The number of hydrogen-bond donors (Lipinski definition) is 3. The summed E-state index contributed by atoms with van der Waals surface area (Å²) in [5.74, 6) is -2.12. The van der Waals surface area contributed by atoms with Crippen LogP contribution in [-0.4, -0.2) is 38.4 Å². The lowest BCUT2D eigenvalue weighted by molar-refractivity contribution is 0.257. The number of nitrogens with one attached hydrogen (secondary N) is 3. The van der Waals surface area contributed by atoms with Gasteiger partial charge in [0.05, 0.1) is 16.4 Å². The highest BCUT2D eigenvalue weighted by atomic mass is 127. The summed E-state index contributed by atoms with van der Waals surface area (Å²) in [6.07, 6.45) is 1.65. The zero-order valence-corrected chi connectivity index (χ0v) is 21.5. The zero-order valence-electron chi connectivity index (χ0n) is 17.8. The third-order valence-electron chi connectivity index (χ3n) is 5.16. The highest BCUT2D eigenvalue weighted by molar-refractivity contribution is 14.1. The van der Waals surface area contributed by atoms with Crippen LogP contribution in [0.3, 0.4) is 0 Å². The molecule has 2 aromatic carbocycles. The monoisotopic (exact) mass is 598 g/mol. The van der Waals surface area contributed by atoms with Crippen molar-refractivity contribution in [2.45, 2.75) is 32.7 Å². The first-order chi connectivity index (χ1) is 15.1. The molecule has 1 fully saturated rings. The van der Waals surface area contributed by atoms with Gasteiger partial charge in [-0.25, -0.2) is 8.78 Å². The normalized spacial score (nSPS) is 17.5. The van der Waals surface area contributed by atoms with Crippen molar-refractivity contribution in [1.29, 1.82) is 0 Å². The van der Waals surface area contributed by atoms with Gasteiger partial charge in [-0.3, -0.25) is 4.72 Å². The second-order valence-corrected chi connectivity index (χ2v) is 11.4. The molecule has 0 bridgehead atoms. The van der Waals surface area contributed by atoms with Crippen LogP contribution in [0.2, 0.25) is 5.02 Å². The molecule has 0 saturated carbocycles. The lowest BCUT2D eigenvalue weighted by Crippen LogP contribution is -2.45. The van der Waals surface area contributed by atoms with E-state index < -0.39 is 21.8 Å². The van der Waals surface area contributed by atoms with Gasteiger partial charge in [-0.2, -0.15) is 12.7 Å². The van der Waals surface area contributed by atoms with Crippen LogP contribution in [0.1, 0.15) is 26.7 Å². The first kappa shape index (κ1) is 25.4. The van der Waals surface area contributed by atoms with Crippen LogP contribution in [0.5, 0.6) is 0 Å². The Morgan fingerprint density at radius 1 is 1.22 bits per heavy atom. The van der Waals surface area contributed by atoms with Crippen LogP contribution >= 0.6 is 34.2 Å². The molecule has 0 radical (unpaired) electrons. The van der Waals surface area contributed by atoms with Gasteiger partial charge in [-0.15, -0.1) is 0 Å². The second-order valence-electron chi connectivity index (χ2n) is 8.07. The van der Waals surface area contributed by atoms with Gasteiger partial charge in [-0.05, 0) is 78.2 Å². The van der Waals surface area contributed by atoms with Gasteiger partial charge in [0, 0.05) is 22.7 Å². The molecule has 1 unspecified atom stereocenters. The Balaban J connectivity index is 1.84. The number of hydrogen-bond acceptors (Lipinski definition) is 4. The molecule has 1 aliphatic heterocycles. The Hall–Kier alpha value is -1.21. The van der Waals surface area contributed by atoms with Crippen molar-refractivity contribution < 1.29 is 17.2 Å². The number of piperidine rings is 1. The molecule has 0 spiro atoms. The minimum Gasteiger partial charge on any atom is -0.350 e. The molecular formula is C21H26ClF2IN4O2S. The van der Waals surface area contributed by atoms with Crippen LogP contribution in [0.4, 0.5) is 25.8 Å². The van der Waals surface area contributed by atoms with E-state index in [1.54, 1.807) is 18.2 Å². The van der Waals surface area contributed by atoms with Crippen molar-refractivity contribution in [1.82, 2.24) is 9.62 Å². The maximum Gasteiger partial charge on any atom is 0.301 e. The van der Waals surface area contributed by atoms with E-state index in [9.17, 15) is 17.2 Å². The molecule has 6 nitrogen and oxygen atoms in total. The number of nitrogens with zero attached hydrogens (tertiary/aromatic N) is 1. The molecule has 3 rings (SSSR count). The topological polar surface area (TPSA) is 73.5 Å². The Bertz CT molecular complexity index is 1070. The Morgan fingerprint density at radius 3 is 2.62 bits per heavy atom. The predicted octanol–water partition coefficient (Wildman–Crippen LogP) is 5.33. The summed E-state index contributed by atoms with van der Waals surface area (Å²) in [6.45, 7) is 5.51. The van der Waals surface area contributed by atoms with Crippen LogP contribution in [0.25, 0.3) is 0 Å². The maximum atomic E-state index is 14.7. The smallest absolute Gasteiger partial charge is 0.301 e. The summed E-state index contributed by atoms with van der Waals surface area (Å²) in [6, 6.07) is 7.41. The van der Waals surface area contributed by atoms with E-state index in [1.807, 2.05) is 13.8 Å². The fourth-order valence-corrected chi connectivity index (χ4v) is 5.76. The van der Waals surface area contributed by atoms with Gasteiger partial charge >= 0.3 is 10.2 Å². The van der Waals surface area contributed by atoms with E-state index >= 15 is 0 Å². The van der Waals surface area contributed by atoms with Crippen molar-refractivity contribution in [3.05, 3.63) is 50.6 Å². The average molecular weight is 599 g/mol.